The molecule has 1 aliphatic rings. The van der Waals surface area contributed by atoms with Crippen molar-refractivity contribution in [1.29, 1.82) is 0 Å². The van der Waals surface area contributed by atoms with Crippen LogP contribution in [0.4, 0.5) is 11.4 Å². The second-order valence-electron chi connectivity index (χ2n) is 6.61. The van der Waals surface area contributed by atoms with E-state index in [0.29, 0.717) is 36.8 Å². The number of aliphatic hydroxyl groups excluding tert-OH is 1. The van der Waals surface area contributed by atoms with E-state index in [9.17, 15) is 20.0 Å². The van der Waals surface area contributed by atoms with Crippen LogP contribution in [0.25, 0.3) is 0 Å². The number of hydrogen-bond donors (Lipinski definition) is 2. The molecule has 7 heteroatoms. The molecule has 2 rings (SSSR count). The SMILES string of the molecule is Cc1cc([N+](=O)[O-])ccc1NC(=O)CCN(CCO)C1CCCCC1. The third-order valence-electron chi connectivity index (χ3n) is 4.80. The Hall–Kier alpha value is -1.99. The average molecular weight is 349 g/mol. The van der Waals surface area contributed by atoms with Crippen molar-refractivity contribution in [2.75, 3.05) is 25.0 Å². The maximum atomic E-state index is 12.2. The van der Waals surface area contributed by atoms with E-state index in [1.54, 1.807) is 13.0 Å². The van der Waals surface area contributed by atoms with Gasteiger partial charge in [-0.3, -0.25) is 19.8 Å². The molecule has 0 heterocycles. The van der Waals surface area contributed by atoms with Crippen molar-refractivity contribution in [1.82, 2.24) is 4.90 Å². The summed E-state index contributed by atoms with van der Waals surface area (Å²) in [5.74, 6) is -0.115. The maximum absolute atomic E-state index is 12.2. The van der Waals surface area contributed by atoms with Crippen LogP contribution in [-0.4, -0.2) is 46.6 Å². The van der Waals surface area contributed by atoms with Gasteiger partial charge in [-0.1, -0.05) is 19.3 Å². The normalized spacial score (nSPS) is 15.3. The van der Waals surface area contributed by atoms with Gasteiger partial charge in [0.05, 0.1) is 11.5 Å². The number of hydrogen-bond acceptors (Lipinski definition) is 5. The number of amides is 1. The van der Waals surface area contributed by atoms with Gasteiger partial charge in [-0.25, -0.2) is 0 Å². The summed E-state index contributed by atoms with van der Waals surface area (Å²) in [5.41, 5.74) is 1.28. The molecule has 0 aromatic heterocycles. The third kappa shape index (κ3) is 5.79. The number of anilines is 1. The zero-order valence-corrected chi connectivity index (χ0v) is 14.7. The standard InChI is InChI=1S/C18H27N3O4/c1-14-13-16(21(24)25)7-8-17(14)19-18(23)9-10-20(11-12-22)15-5-3-2-4-6-15/h7-8,13,15,22H,2-6,9-12H2,1H3,(H,19,23). The smallest absolute Gasteiger partial charge is 0.269 e. The van der Waals surface area contributed by atoms with Crippen molar-refractivity contribution in [2.45, 2.75) is 51.5 Å². The molecule has 0 spiro atoms. The molecule has 2 N–H and O–H groups in total. The zero-order valence-electron chi connectivity index (χ0n) is 14.7. The third-order valence-corrected chi connectivity index (χ3v) is 4.80. The molecule has 1 aromatic rings. The van der Waals surface area contributed by atoms with Crippen LogP contribution in [0, 0.1) is 17.0 Å². The number of aliphatic hydroxyl groups is 1. The van der Waals surface area contributed by atoms with Crippen LogP contribution in [0.15, 0.2) is 18.2 Å². The Balaban J connectivity index is 1.89. The van der Waals surface area contributed by atoms with Gasteiger partial charge in [0.1, 0.15) is 0 Å². The second-order valence-corrected chi connectivity index (χ2v) is 6.61. The molecular formula is C18H27N3O4. The molecular weight excluding hydrogens is 322 g/mol. The number of nitro groups is 1. The van der Waals surface area contributed by atoms with Gasteiger partial charge in [-0.15, -0.1) is 0 Å². The molecule has 1 saturated carbocycles. The molecule has 1 amide bonds. The molecule has 1 aromatic carbocycles. The van der Waals surface area contributed by atoms with Crippen molar-refractivity contribution in [3.05, 3.63) is 33.9 Å². The molecule has 0 bridgehead atoms. The van der Waals surface area contributed by atoms with Gasteiger partial charge in [-0.2, -0.15) is 0 Å². The minimum absolute atomic E-state index is 0.0157. The van der Waals surface area contributed by atoms with Gasteiger partial charge in [0, 0.05) is 43.4 Å². The van der Waals surface area contributed by atoms with Gasteiger partial charge in [0.15, 0.2) is 0 Å². The number of benzene rings is 1. The summed E-state index contributed by atoms with van der Waals surface area (Å²) in [6, 6.07) is 4.87. The highest BCUT2D eigenvalue weighted by molar-refractivity contribution is 5.91. The summed E-state index contributed by atoms with van der Waals surface area (Å²) in [5, 5.41) is 22.9. The highest BCUT2D eigenvalue weighted by atomic mass is 16.6. The summed E-state index contributed by atoms with van der Waals surface area (Å²) in [6.07, 6.45) is 6.28. The maximum Gasteiger partial charge on any atom is 0.269 e. The van der Waals surface area contributed by atoms with Crippen LogP contribution < -0.4 is 5.32 Å². The highest BCUT2D eigenvalue weighted by Crippen LogP contribution is 2.23. The Labute approximate surface area is 148 Å². The lowest BCUT2D eigenvalue weighted by molar-refractivity contribution is -0.384. The first-order valence-corrected chi connectivity index (χ1v) is 8.91. The Bertz CT molecular complexity index is 600. The van der Waals surface area contributed by atoms with E-state index >= 15 is 0 Å². The summed E-state index contributed by atoms with van der Waals surface area (Å²) < 4.78 is 0. The van der Waals surface area contributed by atoms with Gasteiger partial charge in [0.25, 0.3) is 5.69 Å². The van der Waals surface area contributed by atoms with Gasteiger partial charge in [-0.05, 0) is 31.4 Å². The Kier molecular flexibility index (Phi) is 7.33. The fourth-order valence-electron chi connectivity index (χ4n) is 3.41. The minimum atomic E-state index is -0.449. The van der Waals surface area contributed by atoms with Crippen molar-refractivity contribution in [3.63, 3.8) is 0 Å². The van der Waals surface area contributed by atoms with Crippen LogP contribution in [-0.2, 0) is 4.79 Å². The molecule has 138 valence electrons. The molecule has 0 saturated heterocycles. The lowest BCUT2D eigenvalue weighted by atomic mass is 9.94. The number of non-ortho nitro benzene ring substituents is 1. The topological polar surface area (TPSA) is 95.7 Å². The van der Waals surface area contributed by atoms with E-state index < -0.39 is 4.92 Å². The van der Waals surface area contributed by atoms with Gasteiger partial charge < -0.3 is 10.4 Å². The predicted molar refractivity (Wildman–Crippen MR) is 96.6 cm³/mol. The second kappa shape index (κ2) is 9.48. The molecule has 0 radical (unpaired) electrons. The monoisotopic (exact) mass is 349 g/mol. The van der Waals surface area contributed by atoms with Crippen LogP contribution in [0.3, 0.4) is 0 Å². The summed E-state index contributed by atoms with van der Waals surface area (Å²) in [4.78, 5) is 24.8. The van der Waals surface area contributed by atoms with E-state index in [0.717, 1.165) is 12.8 Å². The number of carbonyl (C=O) groups excluding carboxylic acids is 1. The van der Waals surface area contributed by atoms with Crippen molar-refractivity contribution in [2.24, 2.45) is 0 Å². The van der Waals surface area contributed by atoms with Crippen molar-refractivity contribution < 1.29 is 14.8 Å². The molecule has 25 heavy (non-hydrogen) atoms. The molecule has 1 fully saturated rings. The molecule has 1 aliphatic carbocycles. The number of nitrogens with zero attached hydrogens (tertiary/aromatic N) is 2. The average Bonchev–Trinajstić information content (AvgIpc) is 2.61. The van der Waals surface area contributed by atoms with E-state index in [1.165, 1.54) is 31.4 Å². The number of nitro benzene ring substituents is 1. The number of nitrogens with one attached hydrogen (secondary N) is 1. The van der Waals surface area contributed by atoms with E-state index in [4.69, 9.17) is 0 Å². The Morgan fingerprint density at radius 3 is 2.64 bits per heavy atom. The van der Waals surface area contributed by atoms with Crippen molar-refractivity contribution in [3.8, 4) is 0 Å². The molecule has 0 unspecified atom stereocenters. The van der Waals surface area contributed by atoms with Crippen LogP contribution in [0.2, 0.25) is 0 Å². The number of aryl methyl sites for hydroxylation is 1. The van der Waals surface area contributed by atoms with E-state index in [2.05, 4.69) is 10.2 Å². The first-order chi connectivity index (χ1) is 12.0. The number of rotatable bonds is 8. The molecule has 0 aliphatic heterocycles. The van der Waals surface area contributed by atoms with Gasteiger partial charge >= 0.3 is 0 Å². The summed E-state index contributed by atoms with van der Waals surface area (Å²) >= 11 is 0. The van der Waals surface area contributed by atoms with Crippen LogP contribution in [0.5, 0.6) is 0 Å². The lowest BCUT2D eigenvalue weighted by Crippen LogP contribution is -2.40. The molecule has 7 nitrogen and oxygen atoms in total. The zero-order chi connectivity index (χ0) is 18.2. The van der Waals surface area contributed by atoms with Gasteiger partial charge in [0.2, 0.25) is 5.91 Å². The first-order valence-electron chi connectivity index (χ1n) is 8.91. The molecule has 0 atom stereocenters. The van der Waals surface area contributed by atoms with E-state index in [-0.39, 0.29) is 18.2 Å². The fraction of sp³-hybridized carbons (Fsp3) is 0.611. The van der Waals surface area contributed by atoms with E-state index in [1.807, 2.05) is 0 Å². The van der Waals surface area contributed by atoms with Crippen LogP contribution >= 0.6 is 0 Å². The Morgan fingerprint density at radius 2 is 2.04 bits per heavy atom. The fourth-order valence-corrected chi connectivity index (χ4v) is 3.41. The highest BCUT2D eigenvalue weighted by Gasteiger charge is 2.21. The first kappa shape index (κ1) is 19.3. The van der Waals surface area contributed by atoms with Crippen molar-refractivity contribution >= 4 is 17.3 Å². The summed E-state index contributed by atoms with van der Waals surface area (Å²) in [7, 11) is 0. The number of carbonyl (C=O) groups is 1. The quantitative estimate of drug-likeness (QED) is 0.556. The minimum Gasteiger partial charge on any atom is -0.395 e. The lowest BCUT2D eigenvalue weighted by Gasteiger charge is -2.33. The summed E-state index contributed by atoms with van der Waals surface area (Å²) in [6.45, 7) is 3.04. The predicted octanol–water partition coefficient (Wildman–Crippen LogP) is 2.86. The largest absolute Gasteiger partial charge is 0.395 e. The Morgan fingerprint density at radius 1 is 1.32 bits per heavy atom. The van der Waals surface area contributed by atoms with Crippen LogP contribution in [0.1, 0.15) is 44.1 Å².